The first-order valence-electron chi connectivity index (χ1n) is 7.84. The lowest BCUT2D eigenvalue weighted by Gasteiger charge is -2.19. The van der Waals surface area contributed by atoms with Crippen molar-refractivity contribution in [2.75, 3.05) is 20.7 Å². The Balaban J connectivity index is 0. The number of unbranched alkanes of at least 4 members (excludes halogenated alkanes) is 5. The number of nitrogens with zero attached hydrogens (tertiary/aromatic N) is 2. The topological polar surface area (TPSA) is 68.2 Å². The molecule has 0 aromatic heterocycles. The third-order valence-corrected chi connectivity index (χ3v) is 3.00. The number of rotatable bonds is 11. The van der Waals surface area contributed by atoms with Crippen LogP contribution < -0.4 is 0 Å². The van der Waals surface area contributed by atoms with Crippen LogP contribution in [0.4, 0.5) is 0 Å². The van der Waals surface area contributed by atoms with E-state index in [-0.39, 0.29) is 12.2 Å². The van der Waals surface area contributed by atoms with Crippen LogP contribution in [-0.4, -0.2) is 37.8 Å². The van der Waals surface area contributed by atoms with Crippen LogP contribution in [0, 0.1) is 4.91 Å². The minimum atomic E-state index is -0.341. The van der Waals surface area contributed by atoms with E-state index in [9.17, 15) is 9.70 Å². The number of hydrogen-bond donors (Lipinski definition) is 0. The summed E-state index contributed by atoms with van der Waals surface area (Å²) in [5, 5.41) is 2.32. The third kappa shape index (κ3) is 16.6. The molecule has 0 aliphatic rings. The first kappa shape index (κ1) is 22.8. The molecule has 0 aromatic carbocycles. The van der Waals surface area contributed by atoms with Gasteiger partial charge in [-0.2, -0.15) is 0 Å². The fraction of sp³-hybridized carbons (Fsp3) is 0.812. The lowest BCUT2D eigenvalue weighted by atomic mass is 10.1. The highest BCUT2D eigenvalue weighted by atomic mass is 16.7. The SMILES string of the molecule is C=C(C)C(=O)OC(C)N(C)C.CCCCCCCCON=O. The van der Waals surface area contributed by atoms with E-state index in [0.717, 1.165) is 12.8 Å². The van der Waals surface area contributed by atoms with Crippen molar-refractivity contribution >= 4 is 5.97 Å². The van der Waals surface area contributed by atoms with E-state index in [2.05, 4.69) is 23.7 Å². The first-order valence-corrected chi connectivity index (χ1v) is 7.84. The lowest BCUT2D eigenvalue weighted by molar-refractivity contribution is -0.150. The Labute approximate surface area is 134 Å². The first-order chi connectivity index (χ1) is 10.4. The van der Waals surface area contributed by atoms with Gasteiger partial charge in [0.25, 0.3) is 0 Å². The highest BCUT2D eigenvalue weighted by molar-refractivity contribution is 5.87. The van der Waals surface area contributed by atoms with Gasteiger partial charge < -0.3 is 9.57 Å². The van der Waals surface area contributed by atoms with Crippen molar-refractivity contribution in [3.63, 3.8) is 0 Å². The molecule has 1 atom stereocenters. The Kier molecular flexibility index (Phi) is 16.6. The molecule has 0 N–H and O–H groups in total. The molecule has 0 aliphatic heterocycles. The zero-order valence-corrected chi connectivity index (χ0v) is 14.8. The monoisotopic (exact) mass is 316 g/mol. The van der Waals surface area contributed by atoms with Gasteiger partial charge in [0.05, 0.1) is 0 Å². The molecule has 0 aromatic rings. The lowest BCUT2D eigenvalue weighted by Crippen LogP contribution is -2.30. The fourth-order valence-electron chi connectivity index (χ4n) is 1.35. The maximum Gasteiger partial charge on any atom is 0.334 e. The van der Waals surface area contributed by atoms with Gasteiger partial charge in [0, 0.05) is 5.57 Å². The summed E-state index contributed by atoms with van der Waals surface area (Å²) in [6, 6.07) is 0. The van der Waals surface area contributed by atoms with Crippen LogP contribution >= 0.6 is 0 Å². The summed E-state index contributed by atoms with van der Waals surface area (Å²) < 4.78 is 4.96. The number of ether oxygens (including phenoxy) is 1. The van der Waals surface area contributed by atoms with Crippen molar-refractivity contribution in [2.45, 2.75) is 65.5 Å². The molecule has 130 valence electrons. The molecule has 0 radical (unpaired) electrons. The zero-order valence-electron chi connectivity index (χ0n) is 14.8. The zero-order chi connectivity index (χ0) is 17.4. The average Bonchev–Trinajstić information content (AvgIpc) is 2.46. The largest absolute Gasteiger partial charge is 0.443 e. The van der Waals surface area contributed by atoms with Gasteiger partial charge >= 0.3 is 5.97 Å². The fourth-order valence-corrected chi connectivity index (χ4v) is 1.35. The molecule has 0 amide bonds. The normalized spacial score (nSPS) is 11.2. The number of esters is 1. The minimum absolute atomic E-state index is 0.195. The van der Waals surface area contributed by atoms with Gasteiger partial charge in [-0.05, 0) is 40.8 Å². The van der Waals surface area contributed by atoms with Gasteiger partial charge in [0.1, 0.15) is 6.61 Å². The van der Waals surface area contributed by atoms with E-state index < -0.39 is 0 Å². The Morgan fingerprint density at radius 3 is 2.18 bits per heavy atom. The molecule has 0 fully saturated rings. The van der Waals surface area contributed by atoms with Crippen LogP contribution in [0.5, 0.6) is 0 Å². The smallest absolute Gasteiger partial charge is 0.334 e. The number of hydrogen-bond acceptors (Lipinski definition) is 6. The predicted molar refractivity (Wildman–Crippen MR) is 89.2 cm³/mol. The molecule has 0 heterocycles. The summed E-state index contributed by atoms with van der Waals surface area (Å²) in [5.74, 6) is -0.341. The summed E-state index contributed by atoms with van der Waals surface area (Å²) in [6.45, 7) is 9.59. The van der Waals surface area contributed by atoms with Gasteiger partial charge in [-0.1, -0.05) is 39.2 Å². The van der Waals surface area contributed by atoms with Crippen LogP contribution in [0.15, 0.2) is 17.5 Å². The van der Waals surface area contributed by atoms with E-state index in [1.165, 1.54) is 25.7 Å². The molecule has 6 nitrogen and oxygen atoms in total. The number of carbonyl (C=O) groups is 1. The molecule has 0 saturated heterocycles. The van der Waals surface area contributed by atoms with Gasteiger partial charge in [-0.15, -0.1) is 4.91 Å². The molecule has 0 spiro atoms. The molecule has 1 unspecified atom stereocenters. The summed E-state index contributed by atoms with van der Waals surface area (Å²) in [6.07, 6.45) is 7.03. The standard InChI is InChI=1S/C8H15NO2.C8H17NO2/c1-6(2)8(10)11-7(3)9(4)5;1-2-3-4-5-6-7-8-11-9-10/h7H,1H2,2-5H3;2-8H2,1H3. The second-order valence-corrected chi connectivity index (χ2v) is 5.42. The second kappa shape index (κ2) is 15.9. The quantitative estimate of drug-likeness (QED) is 0.144. The van der Waals surface area contributed by atoms with Crippen molar-refractivity contribution in [2.24, 2.45) is 5.34 Å². The van der Waals surface area contributed by atoms with E-state index in [0.29, 0.717) is 12.2 Å². The molecule has 0 rings (SSSR count). The van der Waals surface area contributed by atoms with Crippen LogP contribution in [0.25, 0.3) is 0 Å². The summed E-state index contributed by atoms with van der Waals surface area (Å²) in [7, 11) is 3.69. The van der Waals surface area contributed by atoms with Gasteiger partial charge in [-0.3, -0.25) is 4.90 Å². The van der Waals surface area contributed by atoms with Crippen LogP contribution in [0.3, 0.4) is 0 Å². The third-order valence-electron chi connectivity index (χ3n) is 3.00. The highest BCUT2D eigenvalue weighted by Crippen LogP contribution is 2.04. The van der Waals surface area contributed by atoms with Crippen molar-refractivity contribution < 1.29 is 14.4 Å². The van der Waals surface area contributed by atoms with Crippen molar-refractivity contribution in [3.05, 3.63) is 17.1 Å². The summed E-state index contributed by atoms with van der Waals surface area (Å²) in [4.78, 5) is 26.5. The summed E-state index contributed by atoms with van der Waals surface area (Å²) >= 11 is 0. The van der Waals surface area contributed by atoms with Crippen molar-refractivity contribution in [1.29, 1.82) is 0 Å². The van der Waals surface area contributed by atoms with Crippen LogP contribution in [0.1, 0.15) is 59.3 Å². The van der Waals surface area contributed by atoms with Gasteiger partial charge in [-0.25, -0.2) is 4.79 Å². The average molecular weight is 316 g/mol. The van der Waals surface area contributed by atoms with Crippen LogP contribution in [-0.2, 0) is 14.4 Å². The maximum absolute atomic E-state index is 10.9. The van der Waals surface area contributed by atoms with E-state index in [4.69, 9.17) is 4.74 Å². The predicted octanol–water partition coefficient (Wildman–Crippen LogP) is 4.06. The molecule has 0 aliphatic carbocycles. The summed E-state index contributed by atoms with van der Waals surface area (Å²) in [5.41, 5.74) is 0.429. The van der Waals surface area contributed by atoms with Crippen LogP contribution in [0.2, 0.25) is 0 Å². The van der Waals surface area contributed by atoms with E-state index in [1.54, 1.807) is 18.7 Å². The molecular weight excluding hydrogens is 284 g/mol. The molecular formula is C16H32N2O4. The Hall–Kier alpha value is -1.43. The molecule has 0 saturated carbocycles. The number of carbonyl (C=O) groups excluding carboxylic acids is 1. The Morgan fingerprint density at radius 1 is 1.18 bits per heavy atom. The van der Waals surface area contributed by atoms with Crippen molar-refractivity contribution in [3.8, 4) is 0 Å². The molecule has 0 bridgehead atoms. The van der Waals surface area contributed by atoms with Gasteiger partial charge in [0.2, 0.25) is 0 Å². The second-order valence-electron chi connectivity index (χ2n) is 5.42. The molecule has 22 heavy (non-hydrogen) atoms. The maximum atomic E-state index is 10.9. The molecule has 6 heteroatoms. The van der Waals surface area contributed by atoms with Gasteiger partial charge in [0.15, 0.2) is 11.6 Å². The van der Waals surface area contributed by atoms with Crippen molar-refractivity contribution in [1.82, 2.24) is 4.90 Å². The highest BCUT2D eigenvalue weighted by Gasteiger charge is 2.10. The van der Waals surface area contributed by atoms with E-state index >= 15 is 0 Å². The Morgan fingerprint density at radius 2 is 1.73 bits per heavy atom. The minimum Gasteiger partial charge on any atom is -0.443 e. The van der Waals surface area contributed by atoms with E-state index in [1.807, 2.05) is 14.1 Å². The Bertz CT molecular complexity index is 307.